The number of hydrogen-bond donors (Lipinski definition) is 0. The van der Waals surface area contributed by atoms with Gasteiger partial charge in [0.25, 0.3) is 0 Å². The lowest BCUT2D eigenvalue weighted by Crippen LogP contribution is -2.28. The monoisotopic (exact) mass is 793 g/mol. The molecule has 1 nitrogen and oxygen atoms in total. The lowest BCUT2D eigenvalue weighted by atomic mass is 9.67. The minimum absolute atomic E-state index is 0.518. The van der Waals surface area contributed by atoms with Crippen LogP contribution < -0.4 is 4.90 Å². The molecule has 1 aliphatic carbocycles. The Morgan fingerprint density at radius 3 is 1.79 bits per heavy atom. The van der Waals surface area contributed by atoms with E-state index in [0.29, 0.717) is 0 Å². The molecule has 0 aliphatic heterocycles. The summed E-state index contributed by atoms with van der Waals surface area (Å²) >= 11 is 1.87. The van der Waals surface area contributed by atoms with Crippen LogP contribution >= 0.6 is 11.3 Å². The minimum atomic E-state index is -0.518. The molecule has 0 spiro atoms. The molecule has 12 rings (SSSR count). The standard InChI is InChI=1S/C59H39NS/c1-3-19-45(20-4-1)59(46-21-5-2-6-22-46)54-27-12-9-25-50(54)51-35-33-48(39-55(51)59)60(56-28-13-10-24-49(56)44-31-30-40-16-7-8-17-41(40)36-44)47-23-15-18-42(37-47)43-32-34-53-52-26-11-14-29-57(52)61-58(53)38-43/h1-39H. The summed E-state index contributed by atoms with van der Waals surface area (Å²) in [5, 5.41) is 5.09. The predicted octanol–water partition coefficient (Wildman–Crippen LogP) is 16.4. The van der Waals surface area contributed by atoms with Gasteiger partial charge in [-0.15, -0.1) is 11.3 Å². The topological polar surface area (TPSA) is 3.24 Å². The quantitative estimate of drug-likeness (QED) is 0.155. The van der Waals surface area contributed by atoms with E-state index in [9.17, 15) is 0 Å². The number of hydrogen-bond acceptors (Lipinski definition) is 2. The van der Waals surface area contributed by atoms with E-state index < -0.39 is 5.41 Å². The Morgan fingerprint density at radius 1 is 0.328 bits per heavy atom. The van der Waals surface area contributed by atoms with Gasteiger partial charge in [0.1, 0.15) is 0 Å². The van der Waals surface area contributed by atoms with Crippen molar-refractivity contribution in [3.63, 3.8) is 0 Å². The molecular formula is C59H39NS. The Kier molecular flexibility index (Phi) is 8.33. The number of para-hydroxylation sites is 1. The van der Waals surface area contributed by atoms with Crippen LogP contribution in [-0.2, 0) is 5.41 Å². The SMILES string of the molecule is c1ccc(C2(c3ccccc3)c3ccccc3-c3ccc(N(c4cccc(-c5ccc6c(c5)sc5ccccc56)c4)c4ccccc4-c4ccc5ccccc5c4)cc32)cc1. The van der Waals surface area contributed by atoms with Crippen molar-refractivity contribution in [2.45, 2.75) is 5.41 Å². The van der Waals surface area contributed by atoms with Gasteiger partial charge in [0.2, 0.25) is 0 Å². The van der Waals surface area contributed by atoms with Crippen LogP contribution in [-0.4, -0.2) is 0 Å². The second-order valence-electron chi connectivity index (χ2n) is 16.0. The highest BCUT2D eigenvalue weighted by Crippen LogP contribution is 2.57. The first kappa shape index (κ1) is 35.4. The Bertz CT molecular complexity index is 3400. The van der Waals surface area contributed by atoms with Crippen LogP contribution in [0.5, 0.6) is 0 Å². The lowest BCUT2D eigenvalue weighted by molar-refractivity contribution is 0.768. The van der Waals surface area contributed by atoms with E-state index in [1.54, 1.807) is 0 Å². The molecule has 61 heavy (non-hydrogen) atoms. The molecule has 0 saturated heterocycles. The van der Waals surface area contributed by atoms with Crippen LogP contribution in [0.25, 0.3) is 64.3 Å². The van der Waals surface area contributed by atoms with Crippen molar-refractivity contribution < 1.29 is 0 Å². The molecule has 0 amide bonds. The summed E-state index contributed by atoms with van der Waals surface area (Å²) < 4.78 is 2.62. The summed E-state index contributed by atoms with van der Waals surface area (Å²) in [6.07, 6.45) is 0. The van der Waals surface area contributed by atoms with Gasteiger partial charge in [0.05, 0.1) is 11.1 Å². The third-order valence-electron chi connectivity index (χ3n) is 12.7. The molecule has 1 aromatic heterocycles. The van der Waals surface area contributed by atoms with E-state index in [-0.39, 0.29) is 0 Å². The van der Waals surface area contributed by atoms with Gasteiger partial charge in [0.15, 0.2) is 0 Å². The van der Waals surface area contributed by atoms with Crippen molar-refractivity contribution >= 4 is 59.3 Å². The number of benzene rings is 10. The Balaban J connectivity index is 1.10. The zero-order valence-corrected chi connectivity index (χ0v) is 34.2. The Morgan fingerprint density at radius 2 is 0.951 bits per heavy atom. The fourth-order valence-electron chi connectivity index (χ4n) is 10.00. The fourth-order valence-corrected chi connectivity index (χ4v) is 11.1. The van der Waals surface area contributed by atoms with Gasteiger partial charge in [-0.25, -0.2) is 0 Å². The van der Waals surface area contributed by atoms with E-state index >= 15 is 0 Å². The third-order valence-corrected chi connectivity index (χ3v) is 13.9. The Hall–Kier alpha value is -7.52. The summed E-state index contributed by atoms with van der Waals surface area (Å²) in [5.74, 6) is 0. The summed E-state index contributed by atoms with van der Waals surface area (Å²) in [5.41, 5.74) is 15.2. The zero-order chi connectivity index (χ0) is 40.3. The van der Waals surface area contributed by atoms with Crippen molar-refractivity contribution in [2.75, 3.05) is 4.90 Å². The molecule has 0 saturated carbocycles. The number of anilines is 3. The molecule has 286 valence electrons. The van der Waals surface area contributed by atoms with E-state index in [4.69, 9.17) is 0 Å². The maximum Gasteiger partial charge on any atom is 0.0714 e. The molecule has 0 bridgehead atoms. The first-order valence-electron chi connectivity index (χ1n) is 21.0. The van der Waals surface area contributed by atoms with Crippen LogP contribution in [0.4, 0.5) is 17.1 Å². The van der Waals surface area contributed by atoms with Gasteiger partial charge in [-0.2, -0.15) is 0 Å². The zero-order valence-electron chi connectivity index (χ0n) is 33.4. The van der Waals surface area contributed by atoms with Crippen molar-refractivity contribution in [2.24, 2.45) is 0 Å². The molecule has 11 aromatic rings. The number of rotatable bonds is 7. The largest absolute Gasteiger partial charge is 0.310 e. The second kappa shape index (κ2) is 14.3. The highest BCUT2D eigenvalue weighted by Gasteiger charge is 2.46. The molecular weight excluding hydrogens is 755 g/mol. The molecule has 1 heterocycles. The number of thiophene rings is 1. The van der Waals surface area contributed by atoms with Crippen LogP contribution in [0.3, 0.4) is 0 Å². The molecule has 0 unspecified atom stereocenters. The average molecular weight is 794 g/mol. The lowest BCUT2D eigenvalue weighted by Gasteiger charge is -2.35. The third kappa shape index (κ3) is 5.68. The van der Waals surface area contributed by atoms with E-state index in [1.807, 2.05) is 11.3 Å². The highest BCUT2D eigenvalue weighted by atomic mass is 32.1. The normalized spacial score (nSPS) is 12.7. The van der Waals surface area contributed by atoms with E-state index in [0.717, 1.165) is 17.1 Å². The summed E-state index contributed by atoms with van der Waals surface area (Å²) in [6, 6.07) is 87.5. The summed E-state index contributed by atoms with van der Waals surface area (Å²) in [6.45, 7) is 0. The molecule has 0 radical (unpaired) electrons. The van der Waals surface area contributed by atoms with Crippen LogP contribution in [0.2, 0.25) is 0 Å². The first-order chi connectivity index (χ1) is 30.2. The average Bonchev–Trinajstić information content (AvgIpc) is 3.85. The van der Waals surface area contributed by atoms with Gasteiger partial charge >= 0.3 is 0 Å². The predicted molar refractivity (Wildman–Crippen MR) is 260 cm³/mol. The summed E-state index contributed by atoms with van der Waals surface area (Å²) in [4.78, 5) is 2.48. The molecule has 10 aromatic carbocycles. The van der Waals surface area contributed by atoms with Gasteiger partial charge < -0.3 is 4.90 Å². The molecule has 0 N–H and O–H groups in total. The van der Waals surface area contributed by atoms with Crippen molar-refractivity contribution in [1.82, 2.24) is 0 Å². The van der Waals surface area contributed by atoms with Gasteiger partial charge in [-0.3, -0.25) is 0 Å². The van der Waals surface area contributed by atoms with Gasteiger partial charge in [0, 0.05) is 37.1 Å². The molecule has 0 fully saturated rings. The smallest absolute Gasteiger partial charge is 0.0714 e. The first-order valence-corrected chi connectivity index (χ1v) is 21.8. The van der Waals surface area contributed by atoms with Crippen LogP contribution in [0, 0.1) is 0 Å². The summed E-state index contributed by atoms with van der Waals surface area (Å²) in [7, 11) is 0. The van der Waals surface area contributed by atoms with Crippen LogP contribution in [0.15, 0.2) is 237 Å². The van der Waals surface area contributed by atoms with Crippen molar-refractivity contribution in [3.8, 4) is 33.4 Å². The van der Waals surface area contributed by atoms with Crippen molar-refractivity contribution in [3.05, 3.63) is 259 Å². The van der Waals surface area contributed by atoms with Gasteiger partial charge in [-0.1, -0.05) is 188 Å². The number of nitrogens with zero attached hydrogens (tertiary/aromatic N) is 1. The van der Waals surface area contributed by atoms with E-state index in [1.165, 1.54) is 86.6 Å². The fraction of sp³-hybridized carbons (Fsp3) is 0.0169. The van der Waals surface area contributed by atoms with Crippen LogP contribution in [0.1, 0.15) is 22.3 Å². The second-order valence-corrected chi connectivity index (χ2v) is 17.1. The van der Waals surface area contributed by atoms with E-state index in [2.05, 4.69) is 241 Å². The molecule has 0 atom stereocenters. The van der Waals surface area contributed by atoms with Crippen molar-refractivity contribution in [1.29, 1.82) is 0 Å². The Labute approximate surface area is 360 Å². The van der Waals surface area contributed by atoms with Gasteiger partial charge in [-0.05, 0) is 109 Å². The number of fused-ring (bicyclic) bond motifs is 7. The minimum Gasteiger partial charge on any atom is -0.310 e. The maximum atomic E-state index is 2.48. The maximum absolute atomic E-state index is 2.48. The highest BCUT2D eigenvalue weighted by molar-refractivity contribution is 7.25. The molecule has 2 heteroatoms. The molecule has 1 aliphatic rings.